The predicted octanol–water partition coefficient (Wildman–Crippen LogP) is 1.21. The first-order valence-electron chi connectivity index (χ1n) is 4.20. The van der Waals surface area contributed by atoms with Crippen LogP contribution in [0.15, 0.2) is 18.2 Å². The van der Waals surface area contributed by atoms with Gasteiger partial charge in [-0.15, -0.1) is 0 Å². The number of aryl methyl sites for hydroxylation is 1. The Morgan fingerprint density at radius 1 is 1.57 bits per heavy atom. The Bertz CT molecular complexity index is 350. The minimum Gasteiger partial charge on any atom is -0.269 e. The second-order valence-electron chi connectivity index (χ2n) is 3.28. The third-order valence-electron chi connectivity index (χ3n) is 1.96. The molecule has 0 saturated heterocycles. The van der Waals surface area contributed by atoms with E-state index in [0.29, 0.717) is 6.54 Å². The van der Waals surface area contributed by atoms with Crippen LogP contribution in [-0.2, 0) is 6.54 Å². The number of nitrogens with zero attached hydrogens (tertiary/aromatic N) is 2. The maximum atomic E-state index is 10.5. The van der Waals surface area contributed by atoms with Gasteiger partial charge in [-0.3, -0.25) is 16.0 Å². The van der Waals surface area contributed by atoms with Crippen molar-refractivity contribution < 1.29 is 4.92 Å². The van der Waals surface area contributed by atoms with E-state index < -0.39 is 4.92 Å². The normalized spacial score (nSPS) is 10.6. The van der Waals surface area contributed by atoms with Crippen molar-refractivity contribution in [3.63, 3.8) is 0 Å². The van der Waals surface area contributed by atoms with Gasteiger partial charge in [0.2, 0.25) is 0 Å². The van der Waals surface area contributed by atoms with Crippen LogP contribution in [-0.4, -0.2) is 17.0 Å². The van der Waals surface area contributed by atoms with E-state index in [9.17, 15) is 10.1 Å². The van der Waals surface area contributed by atoms with Gasteiger partial charge >= 0.3 is 0 Å². The van der Waals surface area contributed by atoms with E-state index in [2.05, 4.69) is 0 Å². The van der Waals surface area contributed by atoms with Gasteiger partial charge in [0, 0.05) is 25.7 Å². The molecule has 1 aromatic rings. The number of hydrazine groups is 1. The van der Waals surface area contributed by atoms with Crippen molar-refractivity contribution >= 4 is 5.69 Å². The lowest BCUT2D eigenvalue weighted by atomic mass is 10.1. The molecule has 1 aromatic carbocycles. The molecule has 0 radical (unpaired) electrons. The Kier molecular flexibility index (Phi) is 3.16. The van der Waals surface area contributed by atoms with Gasteiger partial charge in [-0.05, 0) is 18.1 Å². The first-order valence-corrected chi connectivity index (χ1v) is 4.20. The molecule has 5 heteroatoms. The van der Waals surface area contributed by atoms with Gasteiger partial charge < -0.3 is 0 Å². The van der Waals surface area contributed by atoms with Crippen LogP contribution >= 0.6 is 0 Å². The van der Waals surface area contributed by atoms with Crippen molar-refractivity contribution in [3.8, 4) is 0 Å². The minimum absolute atomic E-state index is 0.104. The van der Waals surface area contributed by atoms with E-state index in [-0.39, 0.29) is 5.69 Å². The molecular weight excluding hydrogens is 182 g/mol. The Balaban J connectivity index is 3.02. The quantitative estimate of drug-likeness (QED) is 0.447. The number of hydrogen-bond acceptors (Lipinski definition) is 4. The van der Waals surface area contributed by atoms with Crippen LogP contribution in [0.1, 0.15) is 11.1 Å². The van der Waals surface area contributed by atoms with Gasteiger partial charge in [0.25, 0.3) is 5.69 Å². The molecule has 2 N–H and O–H groups in total. The highest BCUT2D eigenvalue weighted by Gasteiger charge is 2.08. The summed E-state index contributed by atoms with van der Waals surface area (Å²) < 4.78 is 0. The Morgan fingerprint density at radius 2 is 2.21 bits per heavy atom. The highest BCUT2D eigenvalue weighted by Crippen LogP contribution is 2.17. The van der Waals surface area contributed by atoms with Crippen LogP contribution < -0.4 is 5.84 Å². The van der Waals surface area contributed by atoms with Crippen molar-refractivity contribution in [1.82, 2.24) is 5.01 Å². The second kappa shape index (κ2) is 4.17. The molecular formula is C9H13N3O2. The molecule has 5 nitrogen and oxygen atoms in total. The van der Waals surface area contributed by atoms with E-state index in [1.807, 2.05) is 6.92 Å². The average molecular weight is 195 g/mol. The lowest BCUT2D eigenvalue weighted by Crippen LogP contribution is -2.25. The molecule has 0 fully saturated rings. The predicted molar refractivity (Wildman–Crippen MR) is 53.5 cm³/mol. The van der Waals surface area contributed by atoms with Crippen molar-refractivity contribution in [2.75, 3.05) is 7.05 Å². The van der Waals surface area contributed by atoms with Gasteiger partial charge in [-0.2, -0.15) is 0 Å². The molecule has 14 heavy (non-hydrogen) atoms. The minimum atomic E-state index is -0.403. The Hall–Kier alpha value is -1.46. The van der Waals surface area contributed by atoms with E-state index in [4.69, 9.17) is 5.84 Å². The molecule has 0 atom stereocenters. The summed E-state index contributed by atoms with van der Waals surface area (Å²) in [4.78, 5) is 10.1. The van der Waals surface area contributed by atoms with Crippen LogP contribution in [0.2, 0.25) is 0 Å². The number of non-ortho nitro benzene ring substituents is 1. The molecule has 76 valence electrons. The lowest BCUT2D eigenvalue weighted by molar-refractivity contribution is -0.384. The zero-order chi connectivity index (χ0) is 10.7. The molecule has 0 amide bonds. The Morgan fingerprint density at radius 3 is 2.71 bits per heavy atom. The Labute approximate surface area is 82.2 Å². The maximum absolute atomic E-state index is 10.5. The third kappa shape index (κ3) is 2.51. The van der Waals surface area contributed by atoms with Crippen molar-refractivity contribution in [2.45, 2.75) is 13.5 Å². The van der Waals surface area contributed by atoms with Gasteiger partial charge in [0.15, 0.2) is 0 Å². The maximum Gasteiger partial charge on any atom is 0.269 e. The smallest absolute Gasteiger partial charge is 0.269 e. The second-order valence-corrected chi connectivity index (χ2v) is 3.28. The zero-order valence-corrected chi connectivity index (χ0v) is 8.23. The molecule has 0 saturated carbocycles. The van der Waals surface area contributed by atoms with Crippen LogP contribution in [0.25, 0.3) is 0 Å². The first kappa shape index (κ1) is 10.6. The summed E-state index contributed by atoms with van der Waals surface area (Å²) in [6.45, 7) is 2.41. The molecule has 0 aliphatic rings. The average Bonchev–Trinajstić information content (AvgIpc) is 2.07. The monoisotopic (exact) mass is 195 g/mol. The lowest BCUT2D eigenvalue weighted by Gasteiger charge is -2.11. The number of rotatable bonds is 3. The van der Waals surface area contributed by atoms with Crippen LogP contribution in [0.3, 0.4) is 0 Å². The van der Waals surface area contributed by atoms with Crippen molar-refractivity contribution in [3.05, 3.63) is 39.4 Å². The fraction of sp³-hybridized carbons (Fsp3) is 0.333. The third-order valence-corrected chi connectivity index (χ3v) is 1.96. The topological polar surface area (TPSA) is 72.4 Å². The molecule has 1 rings (SSSR count). The molecule has 0 aliphatic carbocycles. The molecule has 0 bridgehead atoms. The summed E-state index contributed by atoms with van der Waals surface area (Å²) in [6.07, 6.45) is 0. The van der Waals surface area contributed by atoms with Crippen LogP contribution in [0.4, 0.5) is 5.69 Å². The fourth-order valence-corrected chi connectivity index (χ4v) is 1.21. The number of nitro benzene ring substituents is 1. The SMILES string of the molecule is Cc1ccc([N+](=O)[O-])cc1CN(C)N. The molecule has 0 spiro atoms. The number of hydrogen-bond donors (Lipinski definition) is 1. The van der Waals surface area contributed by atoms with Gasteiger partial charge in [-0.1, -0.05) is 6.07 Å². The summed E-state index contributed by atoms with van der Waals surface area (Å²) in [5.41, 5.74) is 1.99. The van der Waals surface area contributed by atoms with E-state index in [1.54, 1.807) is 19.2 Å². The highest BCUT2D eigenvalue weighted by molar-refractivity contribution is 5.39. The van der Waals surface area contributed by atoms with Gasteiger partial charge in [0.05, 0.1) is 4.92 Å². The van der Waals surface area contributed by atoms with Crippen LogP contribution in [0, 0.1) is 17.0 Å². The number of nitrogens with two attached hydrogens (primary N) is 1. The largest absolute Gasteiger partial charge is 0.269 e. The summed E-state index contributed by atoms with van der Waals surface area (Å²) in [5.74, 6) is 5.48. The summed E-state index contributed by atoms with van der Waals surface area (Å²) in [5, 5.41) is 12.0. The van der Waals surface area contributed by atoms with Crippen molar-refractivity contribution in [1.29, 1.82) is 0 Å². The first-order chi connectivity index (χ1) is 6.50. The van der Waals surface area contributed by atoms with E-state index >= 15 is 0 Å². The zero-order valence-electron chi connectivity index (χ0n) is 8.23. The van der Waals surface area contributed by atoms with E-state index in [0.717, 1.165) is 11.1 Å². The number of nitro groups is 1. The standard InChI is InChI=1S/C9H13N3O2/c1-7-3-4-9(12(13)14)5-8(7)6-11(2)10/h3-5H,6,10H2,1-2H3. The molecule has 0 aliphatic heterocycles. The van der Waals surface area contributed by atoms with Crippen LogP contribution in [0.5, 0.6) is 0 Å². The summed E-state index contributed by atoms with van der Waals surface area (Å²) >= 11 is 0. The van der Waals surface area contributed by atoms with Gasteiger partial charge in [0.1, 0.15) is 0 Å². The highest BCUT2D eigenvalue weighted by atomic mass is 16.6. The van der Waals surface area contributed by atoms with Crippen molar-refractivity contribution in [2.24, 2.45) is 5.84 Å². The van der Waals surface area contributed by atoms with E-state index in [1.165, 1.54) is 11.1 Å². The molecule has 0 heterocycles. The van der Waals surface area contributed by atoms with Gasteiger partial charge in [-0.25, -0.2) is 5.01 Å². The fourth-order valence-electron chi connectivity index (χ4n) is 1.21. The summed E-state index contributed by atoms with van der Waals surface area (Å²) in [7, 11) is 1.72. The summed E-state index contributed by atoms with van der Waals surface area (Å²) in [6, 6.07) is 4.78. The molecule has 0 aromatic heterocycles. The number of benzene rings is 1. The molecule has 0 unspecified atom stereocenters.